The molecule has 0 saturated carbocycles. The largest absolute Gasteiger partial charge is 0.353 e. The van der Waals surface area contributed by atoms with Crippen molar-refractivity contribution in [3.8, 4) is 0 Å². The van der Waals surface area contributed by atoms with Gasteiger partial charge < -0.3 is 10.2 Å². The van der Waals surface area contributed by atoms with Gasteiger partial charge in [0.2, 0.25) is 0 Å². The molecule has 1 fully saturated rings. The van der Waals surface area contributed by atoms with E-state index in [1.165, 1.54) is 11.1 Å². The zero-order chi connectivity index (χ0) is 26.9. The van der Waals surface area contributed by atoms with Crippen LogP contribution < -0.4 is 10.2 Å². The lowest BCUT2D eigenvalue weighted by Gasteiger charge is -2.35. The summed E-state index contributed by atoms with van der Waals surface area (Å²) in [5.74, 6) is -0.0835. The predicted molar refractivity (Wildman–Crippen MR) is 147 cm³/mol. The van der Waals surface area contributed by atoms with Gasteiger partial charge in [-0.15, -0.1) is 0 Å². The molecular formula is C29H27N7O3. The van der Waals surface area contributed by atoms with E-state index in [1.807, 2.05) is 31.2 Å². The molecule has 2 aliphatic rings. The topological polar surface area (TPSA) is 112 Å². The normalized spacial score (nSPS) is 15.6. The molecule has 0 unspecified atom stereocenters. The van der Waals surface area contributed by atoms with Crippen molar-refractivity contribution in [3.05, 3.63) is 89.5 Å². The number of rotatable bonds is 6. The highest BCUT2D eigenvalue weighted by molar-refractivity contribution is 6.21. The van der Waals surface area contributed by atoms with E-state index >= 15 is 0 Å². The number of imide groups is 1. The quantitative estimate of drug-likeness (QED) is 0.386. The van der Waals surface area contributed by atoms with Crippen LogP contribution in [0.5, 0.6) is 0 Å². The van der Waals surface area contributed by atoms with Crippen molar-refractivity contribution in [2.75, 3.05) is 49.5 Å². The molecule has 3 amide bonds. The standard InChI is InChI=1S/C29H27N7O3/c1-19-15-20-5-4-8-30-26(20)23(16-19)33-27(37)24-17-32-25(18-31-24)35-12-9-34(10-13-35)11-14-36-28(38)21-6-2-3-7-22(21)29(36)39/h2-8,15-18H,9-14H2,1H3,(H,33,37). The van der Waals surface area contributed by atoms with Crippen LogP contribution in [0.3, 0.4) is 0 Å². The van der Waals surface area contributed by atoms with E-state index in [2.05, 4.69) is 30.1 Å². The average Bonchev–Trinajstić information content (AvgIpc) is 3.21. The summed E-state index contributed by atoms with van der Waals surface area (Å²) in [7, 11) is 0. The molecule has 0 bridgehead atoms. The number of benzene rings is 2. The Bertz CT molecular complexity index is 1540. The zero-order valence-corrected chi connectivity index (χ0v) is 21.5. The Morgan fingerprint density at radius 3 is 2.31 bits per heavy atom. The molecule has 0 aliphatic carbocycles. The first-order valence-electron chi connectivity index (χ1n) is 12.9. The highest BCUT2D eigenvalue weighted by Gasteiger charge is 2.35. The Kier molecular flexibility index (Phi) is 6.45. The van der Waals surface area contributed by atoms with Crippen molar-refractivity contribution in [1.29, 1.82) is 0 Å². The first-order valence-corrected chi connectivity index (χ1v) is 12.9. The van der Waals surface area contributed by atoms with Crippen molar-refractivity contribution in [2.45, 2.75) is 6.92 Å². The number of piperazine rings is 1. The molecule has 1 saturated heterocycles. The molecule has 2 aliphatic heterocycles. The van der Waals surface area contributed by atoms with Crippen LogP contribution in [0.25, 0.3) is 10.9 Å². The van der Waals surface area contributed by atoms with E-state index < -0.39 is 0 Å². The van der Waals surface area contributed by atoms with Crippen LogP contribution in [-0.4, -0.2) is 81.7 Å². The molecule has 10 nitrogen and oxygen atoms in total. The molecule has 1 N–H and O–H groups in total. The van der Waals surface area contributed by atoms with Crippen molar-refractivity contribution in [3.63, 3.8) is 0 Å². The maximum absolute atomic E-state index is 12.9. The first kappa shape index (κ1) is 24.6. The molecule has 0 atom stereocenters. The Hall–Kier alpha value is -4.70. The average molecular weight is 522 g/mol. The minimum absolute atomic E-state index is 0.222. The lowest BCUT2D eigenvalue weighted by Crippen LogP contribution is -2.49. The molecule has 2 aromatic heterocycles. The van der Waals surface area contributed by atoms with Gasteiger partial charge in [0.25, 0.3) is 17.7 Å². The summed E-state index contributed by atoms with van der Waals surface area (Å²) in [6, 6.07) is 14.7. The fourth-order valence-electron chi connectivity index (χ4n) is 5.11. The highest BCUT2D eigenvalue weighted by atomic mass is 16.2. The second-order valence-corrected chi connectivity index (χ2v) is 9.74. The van der Waals surface area contributed by atoms with E-state index in [-0.39, 0.29) is 23.4 Å². The number of carbonyl (C=O) groups is 3. The van der Waals surface area contributed by atoms with Crippen molar-refractivity contribution < 1.29 is 14.4 Å². The maximum atomic E-state index is 12.9. The molecule has 2 aromatic carbocycles. The van der Waals surface area contributed by atoms with Crippen molar-refractivity contribution >= 4 is 40.1 Å². The number of aryl methyl sites for hydroxylation is 1. The molecule has 10 heteroatoms. The van der Waals surface area contributed by atoms with Crippen molar-refractivity contribution in [1.82, 2.24) is 24.8 Å². The van der Waals surface area contributed by atoms with Gasteiger partial charge in [0.15, 0.2) is 0 Å². The molecule has 39 heavy (non-hydrogen) atoms. The molecule has 196 valence electrons. The highest BCUT2D eigenvalue weighted by Crippen LogP contribution is 2.24. The van der Waals surface area contributed by atoms with E-state index in [1.54, 1.807) is 36.7 Å². The number of hydrogen-bond acceptors (Lipinski definition) is 8. The fourth-order valence-corrected chi connectivity index (χ4v) is 5.11. The van der Waals surface area contributed by atoms with E-state index in [4.69, 9.17) is 0 Å². The smallest absolute Gasteiger partial charge is 0.275 e. The van der Waals surface area contributed by atoms with Gasteiger partial charge in [-0.2, -0.15) is 0 Å². The number of hydrogen-bond donors (Lipinski definition) is 1. The number of pyridine rings is 1. The van der Waals surface area contributed by atoms with E-state index in [9.17, 15) is 14.4 Å². The third-order valence-corrected chi connectivity index (χ3v) is 7.18. The third-order valence-electron chi connectivity index (χ3n) is 7.18. The lowest BCUT2D eigenvalue weighted by molar-refractivity contribution is 0.0634. The summed E-state index contributed by atoms with van der Waals surface area (Å²) in [5.41, 5.74) is 3.57. The molecule has 0 radical (unpaired) electrons. The summed E-state index contributed by atoms with van der Waals surface area (Å²) >= 11 is 0. The second kappa shape index (κ2) is 10.2. The van der Waals surface area contributed by atoms with Gasteiger partial charge in [-0.3, -0.25) is 29.2 Å². The number of fused-ring (bicyclic) bond motifs is 2. The first-order chi connectivity index (χ1) is 19.0. The number of nitrogens with zero attached hydrogens (tertiary/aromatic N) is 6. The molecule has 6 rings (SSSR count). The molecular weight excluding hydrogens is 494 g/mol. The maximum Gasteiger partial charge on any atom is 0.275 e. The van der Waals surface area contributed by atoms with Gasteiger partial charge in [-0.1, -0.05) is 18.2 Å². The predicted octanol–water partition coefficient (Wildman–Crippen LogP) is 3.00. The van der Waals surface area contributed by atoms with E-state index in [0.717, 1.165) is 42.6 Å². The molecule has 4 aromatic rings. The summed E-state index contributed by atoms with van der Waals surface area (Å²) in [5, 5.41) is 3.88. The van der Waals surface area contributed by atoms with Gasteiger partial charge in [-0.05, 0) is 42.8 Å². The van der Waals surface area contributed by atoms with Crippen molar-refractivity contribution in [2.24, 2.45) is 0 Å². The Morgan fingerprint density at radius 1 is 0.872 bits per heavy atom. The minimum Gasteiger partial charge on any atom is -0.353 e. The Labute approximate surface area is 225 Å². The summed E-state index contributed by atoms with van der Waals surface area (Å²) in [6.45, 7) is 5.93. The van der Waals surface area contributed by atoms with Crippen LogP contribution >= 0.6 is 0 Å². The number of nitrogens with one attached hydrogen (secondary N) is 1. The lowest BCUT2D eigenvalue weighted by atomic mass is 10.1. The Balaban J connectivity index is 1.03. The Morgan fingerprint density at radius 2 is 1.62 bits per heavy atom. The van der Waals surface area contributed by atoms with Gasteiger partial charge in [0.05, 0.1) is 34.7 Å². The van der Waals surface area contributed by atoms with E-state index in [0.29, 0.717) is 35.7 Å². The van der Waals surface area contributed by atoms with Crippen LogP contribution in [0.1, 0.15) is 36.8 Å². The monoisotopic (exact) mass is 521 g/mol. The SMILES string of the molecule is Cc1cc(NC(=O)c2cnc(N3CCN(CCN4C(=O)c5ccccc5C4=O)CC3)cn2)c2ncccc2c1. The fraction of sp³-hybridized carbons (Fsp3) is 0.241. The number of aromatic nitrogens is 3. The van der Waals surface area contributed by atoms with Crippen LogP contribution in [0.15, 0.2) is 67.1 Å². The zero-order valence-electron chi connectivity index (χ0n) is 21.5. The summed E-state index contributed by atoms with van der Waals surface area (Å²) < 4.78 is 0. The van der Waals surface area contributed by atoms with Gasteiger partial charge in [0.1, 0.15) is 11.5 Å². The van der Waals surface area contributed by atoms with Crippen LogP contribution in [-0.2, 0) is 0 Å². The minimum atomic E-state index is -0.343. The van der Waals surface area contributed by atoms with Gasteiger partial charge in [-0.25, -0.2) is 9.97 Å². The summed E-state index contributed by atoms with van der Waals surface area (Å²) in [4.78, 5) is 57.0. The number of carbonyl (C=O) groups excluding carboxylic acids is 3. The molecule has 0 spiro atoms. The molecule has 4 heterocycles. The summed E-state index contributed by atoms with van der Waals surface area (Å²) in [6.07, 6.45) is 4.81. The van der Waals surface area contributed by atoms with Gasteiger partial charge in [0, 0.05) is 50.9 Å². The third kappa shape index (κ3) is 4.82. The van der Waals surface area contributed by atoms with Gasteiger partial charge >= 0.3 is 0 Å². The van der Waals surface area contributed by atoms with Crippen LogP contribution in [0, 0.1) is 6.92 Å². The number of amides is 3. The second-order valence-electron chi connectivity index (χ2n) is 9.74. The van der Waals surface area contributed by atoms with Crippen LogP contribution in [0.4, 0.5) is 11.5 Å². The van der Waals surface area contributed by atoms with Crippen LogP contribution in [0.2, 0.25) is 0 Å². The number of anilines is 2.